The Labute approximate surface area is 148 Å². The van der Waals surface area contributed by atoms with Crippen LogP contribution in [0.1, 0.15) is 24.0 Å². The highest BCUT2D eigenvalue weighted by atomic mass is 16.2. The summed E-state index contributed by atoms with van der Waals surface area (Å²) in [6, 6.07) is 17.9. The molecule has 4 heteroatoms. The molecular formula is C21H22N2O2. The summed E-state index contributed by atoms with van der Waals surface area (Å²) in [5.74, 6) is -0.0758. The van der Waals surface area contributed by atoms with Crippen LogP contribution in [0.4, 0.5) is 5.69 Å². The zero-order valence-corrected chi connectivity index (χ0v) is 14.4. The first-order chi connectivity index (χ1) is 12.1. The highest BCUT2D eigenvalue weighted by Gasteiger charge is 2.59. The second-order valence-electron chi connectivity index (χ2n) is 7.06. The second kappa shape index (κ2) is 6.03. The maximum atomic E-state index is 13.2. The summed E-state index contributed by atoms with van der Waals surface area (Å²) in [6.07, 6.45) is 2.18. The highest BCUT2D eigenvalue weighted by molar-refractivity contribution is 6.14. The van der Waals surface area contributed by atoms with Crippen LogP contribution in [0.2, 0.25) is 0 Å². The van der Waals surface area contributed by atoms with Crippen LogP contribution in [-0.2, 0) is 22.6 Å². The van der Waals surface area contributed by atoms with E-state index in [0.717, 1.165) is 17.7 Å². The van der Waals surface area contributed by atoms with Gasteiger partial charge in [0.2, 0.25) is 11.8 Å². The van der Waals surface area contributed by atoms with Crippen molar-refractivity contribution >= 4 is 17.5 Å². The molecule has 1 aliphatic heterocycles. The summed E-state index contributed by atoms with van der Waals surface area (Å²) in [6.45, 7) is 1.21. The van der Waals surface area contributed by atoms with Gasteiger partial charge in [-0.05, 0) is 36.5 Å². The van der Waals surface area contributed by atoms with E-state index in [9.17, 15) is 9.59 Å². The number of amides is 2. The maximum absolute atomic E-state index is 13.2. The van der Waals surface area contributed by atoms with Gasteiger partial charge in [0.25, 0.3) is 0 Å². The fourth-order valence-corrected chi connectivity index (χ4v) is 3.75. The van der Waals surface area contributed by atoms with Gasteiger partial charge < -0.3 is 9.80 Å². The molecule has 2 aromatic rings. The van der Waals surface area contributed by atoms with Gasteiger partial charge in [0.15, 0.2) is 0 Å². The smallest absolute Gasteiger partial charge is 0.242 e. The van der Waals surface area contributed by atoms with Gasteiger partial charge in [-0.3, -0.25) is 9.59 Å². The first kappa shape index (κ1) is 15.9. The van der Waals surface area contributed by atoms with E-state index >= 15 is 0 Å². The minimum Gasteiger partial charge on any atom is -0.340 e. The molecule has 2 aliphatic rings. The van der Waals surface area contributed by atoms with Crippen molar-refractivity contribution in [3.63, 3.8) is 0 Å². The predicted molar refractivity (Wildman–Crippen MR) is 97.1 cm³/mol. The Morgan fingerprint density at radius 3 is 2.44 bits per heavy atom. The molecule has 0 atom stereocenters. The fraction of sp³-hybridized carbons (Fsp3) is 0.333. The summed E-state index contributed by atoms with van der Waals surface area (Å²) in [7, 11) is 1.79. The number of anilines is 1. The standard InChI is InChI=1S/C21H22N2O2/c1-22(15-16-7-3-2-4-8-16)19(24)21(12-13-21)20(25)23-14-11-17-9-5-6-10-18(17)23/h2-10H,11-15H2,1H3. The summed E-state index contributed by atoms with van der Waals surface area (Å²) < 4.78 is 0. The summed E-state index contributed by atoms with van der Waals surface area (Å²) in [5.41, 5.74) is 2.39. The molecule has 0 bridgehead atoms. The third-order valence-corrected chi connectivity index (χ3v) is 5.31. The molecule has 2 aromatic carbocycles. The van der Waals surface area contributed by atoms with Gasteiger partial charge in [-0.1, -0.05) is 48.5 Å². The van der Waals surface area contributed by atoms with Crippen LogP contribution in [0.25, 0.3) is 0 Å². The Morgan fingerprint density at radius 2 is 1.72 bits per heavy atom. The monoisotopic (exact) mass is 334 g/mol. The molecule has 0 aromatic heterocycles. The van der Waals surface area contributed by atoms with Crippen molar-refractivity contribution < 1.29 is 9.59 Å². The minimum atomic E-state index is -0.846. The zero-order chi connectivity index (χ0) is 17.4. The Bertz CT molecular complexity index is 812. The summed E-state index contributed by atoms with van der Waals surface area (Å²) >= 11 is 0. The van der Waals surface area contributed by atoms with Crippen LogP contribution in [0, 0.1) is 5.41 Å². The predicted octanol–water partition coefficient (Wildman–Crippen LogP) is 3.01. The lowest BCUT2D eigenvalue weighted by Gasteiger charge is -2.27. The van der Waals surface area contributed by atoms with Crippen molar-refractivity contribution in [2.45, 2.75) is 25.8 Å². The lowest BCUT2D eigenvalue weighted by Crippen LogP contribution is -2.45. The number of rotatable bonds is 4. The van der Waals surface area contributed by atoms with Crippen molar-refractivity contribution in [2.75, 3.05) is 18.5 Å². The molecule has 1 heterocycles. The molecule has 4 rings (SSSR count). The molecule has 1 aliphatic carbocycles. The van der Waals surface area contributed by atoms with E-state index in [1.807, 2.05) is 53.4 Å². The number of carbonyl (C=O) groups is 2. The van der Waals surface area contributed by atoms with Crippen molar-refractivity contribution in [1.29, 1.82) is 0 Å². The molecule has 0 unspecified atom stereocenters. The molecule has 128 valence electrons. The number of fused-ring (bicyclic) bond motifs is 1. The van der Waals surface area contributed by atoms with Crippen LogP contribution < -0.4 is 4.90 Å². The first-order valence-corrected chi connectivity index (χ1v) is 8.81. The average Bonchev–Trinajstić information content (AvgIpc) is 3.34. The van der Waals surface area contributed by atoms with Gasteiger partial charge in [-0.15, -0.1) is 0 Å². The summed E-state index contributed by atoms with van der Waals surface area (Å²) in [4.78, 5) is 29.7. The quantitative estimate of drug-likeness (QED) is 0.807. The van der Waals surface area contributed by atoms with Crippen LogP contribution in [0.15, 0.2) is 54.6 Å². The van der Waals surface area contributed by atoms with Crippen molar-refractivity contribution in [1.82, 2.24) is 4.90 Å². The van der Waals surface area contributed by atoms with Crippen LogP contribution >= 0.6 is 0 Å². The second-order valence-corrected chi connectivity index (χ2v) is 7.06. The van der Waals surface area contributed by atoms with Crippen molar-refractivity contribution in [2.24, 2.45) is 5.41 Å². The van der Waals surface area contributed by atoms with E-state index in [4.69, 9.17) is 0 Å². The van der Waals surface area contributed by atoms with E-state index in [1.165, 1.54) is 5.56 Å². The highest BCUT2D eigenvalue weighted by Crippen LogP contribution is 2.50. The van der Waals surface area contributed by atoms with Gasteiger partial charge in [0.05, 0.1) is 0 Å². The molecule has 0 saturated heterocycles. The molecule has 2 amide bonds. The number of hydrogen-bond acceptors (Lipinski definition) is 2. The largest absolute Gasteiger partial charge is 0.340 e. The maximum Gasteiger partial charge on any atom is 0.242 e. The third kappa shape index (κ3) is 2.72. The van der Waals surface area contributed by atoms with Crippen LogP contribution in [0.5, 0.6) is 0 Å². The van der Waals surface area contributed by atoms with Crippen LogP contribution in [0.3, 0.4) is 0 Å². The molecule has 0 radical (unpaired) electrons. The molecule has 0 N–H and O–H groups in total. The van der Waals surface area contributed by atoms with E-state index < -0.39 is 5.41 Å². The van der Waals surface area contributed by atoms with Gasteiger partial charge >= 0.3 is 0 Å². The number of nitrogens with zero attached hydrogens (tertiary/aromatic N) is 2. The van der Waals surface area contributed by atoms with E-state index in [1.54, 1.807) is 11.9 Å². The minimum absolute atomic E-state index is 0.0256. The number of hydrogen-bond donors (Lipinski definition) is 0. The molecule has 4 nitrogen and oxygen atoms in total. The molecule has 1 fully saturated rings. The van der Waals surface area contributed by atoms with Crippen molar-refractivity contribution in [3.05, 3.63) is 65.7 Å². The van der Waals surface area contributed by atoms with E-state index in [0.29, 0.717) is 25.9 Å². The van der Waals surface area contributed by atoms with E-state index in [-0.39, 0.29) is 11.8 Å². The van der Waals surface area contributed by atoms with Crippen LogP contribution in [-0.4, -0.2) is 30.3 Å². The van der Waals surface area contributed by atoms with Crippen molar-refractivity contribution in [3.8, 4) is 0 Å². The average molecular weight is 334 g/mol. The molecular weight excluding hydrogens is 312 g/mol. The third-order valence-electron chi connectivity index (χ3n) is 5.31. The first-order valence-electron chi connectivity index (χ1n) is 8.81. The van der Waals surface area contributed by atoms with Gasteiger partial charge in [0.1, 0.15) is 5.41 Å². The Morgan fingerprint density at radius 1 is 1.04 bits per heavy atom. The Balaban J connectivity index is 1.52. The SMILES string of the molecule is CN(Cc1ccccc1)C(=O)C1(C(=O)N2CCc3ccccc32)CC1. The molecule has 0 spiro atoms. The number of carbonyl (C=O) groups excluding carboxylic acids is 2. The van der Waals surface area contributed by atoms with E-state index in [2.05, 4.69) is 6.07 Å². The fourth-order valence-electron chi connectivity index (χ4n) is 3.75. The Hall–Kier alpha value is -2.62. The lowest BCUT2D eigenvalue weighted by atomic mass is 10.0. The Kier molecular flexibility index (Phi) is 3.83. The zero-order valence-electron chi connectivity index (χ0n) is 14.4. The van der Waals surface area contributed by atoms with Gasteiger partial charge in [-0.25, -0.2) is 0 Å². The topological polar surface area (TPSA) is 40.6 Å². The molecule has 25 heavy (non-hydrogen) atoms. The normalized spacial score (nSPS) is 17.1. The summed E-state index contributed by atoms with van der Waals surface area (Å²) in [5, 5.41) is 0. The van der Waals surface area contributed by atoms with Gasteiger partial charge in [-0.2, -0.15) is 0 Å². The number of para-hydroxylation sites is 1. The molecule has 1 saturated carbocycles. The number of benzene rings is 2. The van der Waals surface area contributed by atoms with Gasteiger partial charge in [0, 0.05) is 25.8 Å². The lowest BCUT2D eigenvalue weighted by molar-refractivity contribution is -0.142.